The van der Waals surface area contributed by atoms with Gasteiger partial charge in [-0.25, -0.2) is 4.79 Å². The molecule has 84 heavy (non-hydrogen) atoms. The van der Waals surface area contributed by atoms with Gasteiger partial charge in [0.25, 0.3) is 5.91 Å². The van der Waals surface area contributed by atoms with E-state index in [9.17, 15) is 24.7 Å². The van der Waals surface area contributed by atoms with Crippen molar-refractivity contribution < 1.29 is 43.7 Å². The van der Waals surface area contributed by atoms with Gasteiger partial charge >= 0.3 is 20.2 Å². The largest absolute Gasteiger partial charge is 0.492 e. The molecular formula is C60H57B2Cl7N6O9. The van der Waals surface area contributed by atoms with Crippen molar-refractivity contribution in [1.82, 2.24) is 14.1 Å². The van der Waals surface area contributed by atoms with Gasteiger partial charge < -0.3 is 54.0 Å². The van der Waals surface area contributed by atoms with Gasteiger partial charge in [-0.1, -0.05) is 116 Å². The van der Waals surface area contributed by atoms with Crippen LogP contribution in [0.4, 0.5) is 0 Å². The number of aromatic carboxylic acids is 1. The lowest BCUT2D eigenvalue weighted by Gasteiger charge is -2.23. The Bertz CT molecular complexity index is 3920. The van der Waals surface area contributed by atoms with Gasteiger partial charge in [-0.15, -0.1) is 12.4 Å². The molecule has 0 saturated carbocycles. The Balaban J connectivity index is 0.000000168. The zero-order valence-electron chi connectivity index (χ0n) is 46.3. The molecular weight excluding hydrogens is 1220 g/mol. The van der Waals surface area contributed by atoms with Crippen molar-refractivity contribution >= 4 is 142 Å². The van der Waals surface area contributed by atoms with Crippen LogP contribution < -0.4 is 22.0 Å². The quantitative estimate of drug-likeness (QED) is 0.0612. The second-order valence-corrected chi connectivity index (χ2v) is 24.4. The number of nitrogens with two attached hydrogens (primary N) is 1. The average Bonchev–Trinajstić information content (AvgIpc) is 2.02. The van der Waals surface area contributed by atoms with Crippen LogP contribution in [0.5, 0.6) is 0 Å². The summed E-state index contributed by atoms with van der Waals surface area (Å²) in [6.45, 7) is 12.7. The normalized spacial score (nSPS) is 18.8. The summed E-state index contributed by atoms with van der Waals surface area (Å²) in [7, 11) is -1.74. The van der Waals surface area contributed by atoms with Crippen LogP contribution in [0.15, 0.2) is 132 Å². The van der Waals surface area contributed by atoms with Crippen LogP contribution in [-0.2, 0) is 54.2 Å². The lowest BCUT2D eigenvalue weighted by molar-refractivity contribution is -0.00755. The fourth-order valence-corrected chi connectivity index (χ4v) is 12.1. The number of oxime groups is 2. The Morgan fingerprint density at radius 1 is 0.607 bits per heavy atom. The summed E-state index contributed by atoms with van der Waals surface area (Å²) < 4.78 is 14.6. The highest BCUT2D eigenvalue weighted by Crippen LogP contribution is 2.44. The molecule has 8 heterocycles. The smallest absolute Gasteiger partial charge is 0.477 e. The summed E-state index contributed by atoms with van der Waals surface area (Å²) in [5, 5.41) is 43.0. The number of hydrogen-bond acceptors (Lipinski definition) is 11. The molecule has 0 saturated heterocycles. The minimum Gasteiger partial charge on any atom is -0.477 e. The molecule has 15 nitrogen and oxygen atoms in total. The second kappa shape index (κ2) is 24.5. The number of carbonyl (C=O) groups excluding carboxylic acids is 1. The minimum atomic E-state index is -0.998. The molecule has 4 aromatic heterocycles. The molecule has 2 atom stereocenters. The van der Waals surface area contributed by atoms with E-state index in [2.05, 4.69) is 21.7 Å². The number of fused-ring (bicyclic) bond motifs is 4. The van der Waals surface area contributed by atoms with Gasteiger partial charge in [0.2, 0.25) is 0 Å². The van der Waals surface area contributed by atoms with Gasteiger partial charge in [-0.2, -0.15) is 0 Å². The molecule has 12 rings (SSSR count). The molecule has 1 amide bonds. The van der Waals surface area contributed by atoms with Crippen LogP contribution in [0.1, 0.15) is 120 Å². The van der Waals surface area contributed by atoms with Crippen molar-refractivity contribution in [3.05, 3.63) is 208 Å². The first-order valence-corrected chi connectivity index (χ1v) is 28.8. The summed E-state index contributed by atoms with van der Waals surface area (Å²) >= 11 is 37.0. The van der Waals surface area contributed by atoms with E-state index < -0.39 is 42.6 Å². The molecule has 24 heteroatoms. The van der Waals surface area contributed by atoms with Crippen molar-refractivity contribution in [3.8, 4) is 0 Å². The number of carboxylic acid groups (broad SMARTS) is 1. The zero-order valence-corrected chi connectivity index (χ0v) is 51.6. The van der Waals surface area contributed by atoms with Crippen molar-refractivity contribution in [2.75, 3.05) is 13.1 Å². The molecule has 0 bridgehead atoms. The van der Waals surface area contributed by atoms with Crippen LogP contribution in [0.2, 0.25) is 30.1 Å². The molecule has 436 valence electrons. The number of amides is 1. The molecule has 0 aliphatic carbocycles. The van der Waals surface area contributed by atoms with E-state index in [1.807, 2.05) is 107 Å². The van der Waals surface area contributed by atoms with Crippen LogP contribution in [0, 0.1) is 0 Å². The Morgan fingerprint density at radius 2 is 1.02 bits per heavy atom. The molecule has 2 unspecified atom stereocenters. The SMILES string of the molecule is CC1(C)OB(O)c2cc(CCN)ccc21.CC1(C)OB(O)c2cc(CCNC(=O)c3ccc(C4=NOC(C)(c5cc(Cl)c(Cl)c(Cl)c5)C4)c4cccn34)ccc21.CC1(c2cc(Cl)c(Cl)c(Cl)c2)CC(c2ccc(C(=O)O)n3cccc23)=NO1.Cl. The summed E-state index contributed by atoms with van der Waals surface area (Å²) in [5.74, 6) is -1.19. The number of pyridine rings is 2. The lowest BCUT2D eigenvalue weighted by Crippen LogP contribution is -2.30. The Hall–Kier alpha value is -5.76. The summed E-state index contributed by atoms with van der Waals surface area (Å²) in [5.41, 5.74) is 15.8. The van der Waals surface area contributed by atoms with E-state index in [4.69, 9.17) is 94.3 Å². The predicted octanol–water partition coefficient (Wildman–Crippen LogP) is 12.1. The van der Waals surface area contributed by atoms with E-state index in [1.165, 1.54) is 0 Å². The van der Waals surface area contributed by atoms with Gasteiger partial charge in [0.15, 0.2) is 11.2 Å². The summed E-state index contributed by atoms with van der Waals surface area (Å²) in [6, 6.07) is 33.4. The molecule has 4 aliphatic rings. The van der Waals surface area contributed by atoms with E-state index >= 15 is 0 Å². The van der Waals surface area contributed by atoms with Crippen LogP contribution in [-0.4, -0.2) is 74.6 Å². The molecule has 8 aromatic rings. The Kier molecular flexibility index (Phi) is 18.3. The second-order valence-electron chi connectivity index (χ2n) is 22.0. The fourth-order valence-electron chi connectivity index (χ4n) is 11.0. The standard InChI is InChI=1S/C30H27BCl3N3O4.C19H13Cl3N2O3.C11H16BNO2.ClH/c1-29(2)20-8-6-17(13-21(20)31(39)40-29)10-11-35-28(38)26-9-7-19(25-5-4-12-37(25)26)24-16-30(3,41-36-24)18-14-22(32)27(34)23(33)15-18;1-19(10-7-12(20)17(22)13(21)8-10)9-14(23-27-19)11-4-5-16(18(25)26)24-6-2-3-15(11)24;1-11(2)9-4-3-8(5-6-13)7-10(9)12(14)15-11;/h4-9,12-15,39H,10-11,16H2,1-3H3,(H,35,38);2-8H,9H2,1H3,(H,25,26);3-4,7,14H,5-6,13H2,1-2H3;1H. The van der Waals surface area contributed by atoms with E-state index in [1.54, 1.807) is 59.1 Å². The van der Waals surface area contributed by atoms with Gasteiger partial charge in [-0.3, -0.25) is 4.79 Å². The molecule has 4 aliphatic heterocycles. The number of hydrogen-bond donors (Lipinski definition) is 5. The average molecular weight is 1280 g/mol. The topological polar surface area (TPSA) is 203 Å². The third-order valence-corrected chi connectivity index (χ3v) is 17.8. The first kappa shape index (κ1) is 62.8. The van der Waals surface area contributed by atoms with E-state index in [0.29, 0.717) is 73.9 Å². The number of aromatic nitrogens is 2. The van der Waals surface area contributed by atoms with Crippen LogP contribution in [0.25, 0.3) is 11.0 Å². The van der Waals surface area contributed by atoms with Crippen molar-refractivity contribution in [3.63, 3.8) is 0 Å². The minimum absolute atomic E-state index is 0. The molecule has 6 N–H and O–H groups in total. The number of nitrogens with one attached hydrogen (secondary N) is 1. The van der Waals surface area contributed by atoms with Crippen LogP contribution >= 0.6 is 82.0 Å². The summed E-state index contributed by atoms with van der Waals surface area (Å²) in [4.78, 5) is 36.3. The number of benzene rings is 4. The number of rotatable bonds is 11. The maximum Gasteiger partial charge on any atom is 0.492 e. The first-order valence-electron chi connectivity index (χ1n) is 26.5. The number of nitrogens with zero attached hydrogens (tertiary/aromatic N) is 4. The maximum absolute atomic E-state index is 13.2. The van der Waals surface area contributed by atoms with Gasteiger partial charge in [0, 0.05) is 54.0 Å². The van der Waals surface area contributed by atoms with Gasteiger partial charge in [-0.05, 0) is 167 Å². The number of carboxylic acids is 1. The van der Waals surface area contributed by atoms with Crippen molar-refractivity contribution in [2.24, 2.45) is 16.0 Å². The predicted molar refractivity (Wildman–Crippen MR) is 336 cm³/mol. The number of halogens is 7. The highest BCUT2D eigenvalue weighted by Gasteiger charge is 2.43. The summed E-state index contributed by atoms with van der Waals surface area (Å²) in [6.07, 6.45) is 5.95. The lowest BCUT2D eigenvalue weighted by atomic mass is 9.77. The van der Waals surface area contributed by atoms with Crippen molar-refractivity contribution in [1.29, 1.82) is 0 Å². The Morgan fingerprint density at radius 3 is 1.45 bits per heavy atom. The molecule has 4 aromatic carbocycles. The van der Waals surface area contributed by atoms with Crippen LogP contribution in [0.3, 0.4) is 0 Å². The number of carbonyl (C=O) groups is 2. The molecule has 0 fully saturated rings. The van der Waals surface area contributed by atoms with Crippen molar-refractivity contribution in [2.45, 2.75) is 89.6 Å². The van der Waals surface area contributed by atoms with E-state index in [-0.39, 0.29) is 24.0 Å². The fraction of sp³-hybridized carbons (Fsp3) is 0.267. The third-order valence-electron chi connectivity index (χ3n) is 15.4. The highest BCUT2D eigenvalue weighted by molar-refractivity contribution is 6.62. The molecule has 0 spiro atoms. The molecule has 0 radical (unpaired) electrons. The third kappa shape index (κ3) is 12.3. The zero-order chi connectivity index (χ0) is 59.5. The first-order chi connectivity index (χ1) is 39.3. The highest BCUT2D eigenvalue weighted by atomic mass is 35.5. The Labute approximate surface area is 522 Å². The monoisotopic (exact) mass is 1270 g/mol. The van der Waals surface area contributed by atoms with E-state index in [0.717, 1.165) is 78.6 Å². The maximum atomic E-state index is 13.2. The van der Waals surface area contributed by atoms with Gasteiger partial charge in [0.1, 0.15) is 11.4 Å². The van der Waals surface area contributed by atoms with Gasteiger partial charge in [0.05, 0.1) is 63.8 Å².